The summed E-state index contributed by atoms with van der Waals surface area (Å²) in [5, 5.41) is 9.49. The van der Waals surface area contributed by atoms with Crippen molar-refractivity contribution in [3.63, 3.8) is 0 Å². The van der Waals surface area contributed by atoms with Crippen LogP contribution in [0.1, 0.15) is 28.3 Å². The normalized spacial score (nSPS) is 16.5. The molecule has 0 saturated carbocycles. The van der Waals surface area contributed by atoms with Crippen LogP contribution in [0, 0.1) is 0 Å². The van der Waals surface area contributed by atoms with Crippen molar-refractivity contribution in [3.8, 4) is 0 Å². The molecule has 0 unspecified atom stereocenters. The van der Waals surface area contributed by atoms with Crippen LogP contribution in [0.4, 0.5) is 5.82 Å². The second-order valence-electron chi connectivity index (χ2n) is 6.14. The molecule has 0 bridgehead atoms. The molecule has 1 aliphatic heterocycles. The van der Waals surface area contributed by atoms with Crippen molar-refractivity contribution in [1.82, 2.24) is 9.78 Å². The Morgan fingerprint density at radius 1 is 1.24 bits per heavy atom. The standard InChI is InChI=1S/C19H19N3O2S/c23-18-9-15(13-24-12-14-5-2-1-3-6-14)17-10-20-22(19(17)21-18)11-16-7-4-8-25-16/h1-8,10,15H,9,11-13H2,(H,21,23)/t15-/m0/s1. The zero-order valence-electron chi connectivity index (χ0n) is 13.7. The Morgan fingerprint density at radius 2 is 2.12 bits per heavy atom. The molecule has 25 heavy (non-hydrogen) atoms. The maximum absolute atomic E-state index is 12.1. The van der Waals surface area contributed by atoms with Crippen LogP contribution in [0.2, 0.25) is 0 Å². The molecule has 1 N–H and O–H groups in total. The van der Waals surface area contributed by atoms with Gasteiger partial charge in [0.2, 0.25) is 5.91 Å². The van der Waals surface area contributed by atoms with E-state index in [-0.39, 0.29) is 11.8 Å². The molecule has 3 aromatic rings. The van der Waals surface area contributed by atoms with Crippen molar-refractivity contribution >= 4 is 23.1 Å². The number of nitrogens with one attached hydrogen (secondary N) is 1. The van der Waals surface area contributed by atoms with E-state index in [2.05, 4.69) is 16.5 Å². The van der Waals surface area contributed by atoms with Gasteiger partial charge in [0, 0.05) is 22.8 Å². The zero-order valence-corrected chi connectivity index (χ0v) is 14.5. The van der Waals surface area contributed by atoms with Gasteiger partial charge in [0.15, 0.2) is 0 Å². The number of carbonyl (C=O) groups excluding carboxylic acids is 1. The first-order valence-electron chi connectivity index (χ1n) is 8.29. The molecule has 0 spiro atoms. The third kappa shape index (κ3) is 3.65. The summed E-state index contributed by atoms with van der Waals surface area (Å²) in [7, 11) is 0. The van der Waals surface area contributed by atoms with Crippen LogP contribution in [0.25, 0.3) is 0 Å². The molecule has 0 aliphatic carbocycles. The molecule has 0 fully saturated rings. The number of rotatable bonds is 6. The number of benzene rings is 1. The summed E-state index contributed by atoms with van der Waals surface area (Å²) >= 11 is 1.69. The van der Waals surface area contributed by atoms with Crippen LogP contribution in [-0.2, 0) is 22.7 Å². The average Bonchev–Trinajstić information content (AvgIpc) is 3.27. The predicted octanol–water partition coefficient (Wildman–Crippen LogP) is 3.64. The number of hydrogen-bond acceptors (Lipinski definition) is 4. The van der Waals surface area contributed by atoms with E-state index in [1.54, 1.807) is 11.3 Å². The number of anilines is 1. The molecule has 6 heteroatoms. The minimum atomic E-state index is 0.0220. The van der Waals surface area contributed by atoms with Crippen molar-refractivity contribution in [2.45, 2.75) is 25.5 Å². The van der Waals surface area contributed by atoms with Gasteiger partial charge in [-0.15, -0.1) is 11.3 Å². The van der Waals surface area contributed by atoms with Crippen LogP contribution >= 0.6 is 11.3 Å². The second-order valence-corrected chi connectivity index (χ2v) is 7.17. The number of aromatic nitrogens is 2. The largest absolute Gasteiger partial charge is 0.376 e. The van der Waals surface area contributed by atoms with E-state index in [1.807, 2.05) is 52.7 Å². The van der Waals surface area contributed by atoms with Crippen molar-refractivity contribution in [2.75, 3.05) is 11.9 Å². The fourth-order valence-electron chi connectivity index (χ4n) is 3.06. The molecule has 0 radical (unpaired) electrons. The maximum atomic E-state index is 12.1. The molecule has 1 amide bonds. The van der Waals surface area contributed by atoms with E-state index < -0.39 is 0 Å². The average molecular weight is 353 g/mol. The Hall–Kier alpha value is -2.44. The van der Waals surface area contributed by atoms with E-state index in [0.717, 1.165) is 16.9 Å². The Morgan fingerprint density at radius 3 is 2.92 bits per heavy atom. The molecule has 2 aromatic heterocycles. The van der Waals surface area contributed by atoms with E-state index >= 15 is 0 Å². The van der Waals surface area contributed by atoms with Crippen LogP contribution in [0.5, 0.6) is 0 Å². The van der Waals surface area contributed by atoms with Crippen LogP contribution < -0.4 is 5.32 Å². The van der Waals surface area contributed by atoms with E-state index in [1.165, 1.54) is 4.88 Å². The third-order valence-corrected chi connectivity index (χ3v) is 5.17. The topological polar surface area (TPSA) is 56.1 Å². The summed E-state index contributed by atoms with van der Waals surface area (Å²) in [5.74, 6) is 0.872. The molecule has 3 heterocycles. The molecule has 4 rings (SSSR count). The summed E-state index contributed by atoms with van der Waals surface area (Å²) in [5.41, 5.74) is 2.19. The number of ether oxygens (including phenoxy) is 1. The lowest BCUT2D eigenvalue weighted by Crippen LogP contribution is -2.26. The number of hydrogen-bond donors (Lipinski definition) is 1. The second kappa shape index (κ2) is 7.21. The smallest absolute Gasteiger partial charge is 0.226 e. The molecule has 128 valence electrons. The van der Waals surface area contributed by atoms with Gasteiger partial charge in [-0.2, -0.15) is 5.10 Å². The van der Waals surface area contributed by atoms with Gasteiger partial charge in [-0.1, -0.05) is 36.4 Å². The summed E-state index contributed by atoms with van der Waals surface area (Å²) in [4.78, 5) is 13.3. The minimum Gasteiger partial charge on any atom is -0.376 e. The lowest BCUT2D eigenvalue weighted by atomic mass is 9.95. The fourth-order valence-corrected chi connectivity index (χ4v) is 3.75. The fraction of sp³-hybridized carbons (Fsp3) is 0.263. The first-order valence-corrected chi connectivity index (χ1v) is 9.17. The quantitative estimate of drug-likeness (QED) is 0.736. The van der Waals surface area contributed by atoms with Gasteiger partial charge in [0.05, 0.1) is 26.0 Å². The summed E-state index contributed by atoms with van der Waals surface area (Å²) in [6.45, 7) is 1.74. The van der Waals surface area contributed by atoms with Crippen molar-refractivity contribution < 1.29 is 9.53 Å². The molecule has 5 nitrogen and oxygen atoms in total. The number of fused-ring (bicyclic) bond motifs is 1. The van der Waals surface area contributed by atoms with Gasteiger partial charge in [-0.05, 0) is 17.0 Å². The van der Waals surface area contributed by atoms with Crippen LogP contribution in [-0.4, -0.2) is 22.3 Å². The predicted molar refractivity (Wildman–Crippen MR) is 97.7 cm³/mol. The van der Waals surface area contributed by atoms with Gasteiger partial charge in [0.25, 0.3) is 0 Å². The van der Waals surface area contributed by atoms with Crippen LogP contribution in [0.3, 0.4) is 0 Å². The highest BCUT2D eigenvalue weighted by Crippen LogP contribution is 2.33. The Bertz CT molecular complexity index is 843. The zero-order chi connectivity index (χ0) is 17.1. The lowest BCUT2D eigenvalue weighted by Gasteiger charge is -2.23. The first-order chi connectivity index (χ1) is 12.3. The van der Waals surface area contributed by atoms with Gasteiger partial charge < -0.3 is 10.1 Å². The van der Waals surface area contributed by atoms with E-state index in [4.69, 9.17) is 4.74 Å². The van der Waals surface area contributed by atoms with Crippen molar-refractivity contribution in [2.24, 2.45) is 0 Å². The summed E-state index contributed by atoms with van der Waals surface area (Å²) in [6.07, 6.45) is 2.30. The molecule has 1 atom stereocenters. The van der Waals surface area contributed by atoms with Crippen molar-refractivity contribution in [3.05, 3.63) is 70.0 Å². The number of carbonyl (C=O) groups is 1. The highest BCUT2D eigenvalue weighted by molar-refractivity contribution is 7.09. The lowest BCUT2D eigenvalue weighted by molar-refractivity contribution is -0.117. The van der Waals surface area contributed by atoms with E-state index in [9.17, 15) is 4.79 Å². The summed E-state index contributed by atoms with van der Waals surface area (Å²) in [6, 6.07) is 14.2. The van der Waals surface area contributed by atoms with Crippen molar-refractivity contribution in [1.29, 1.82) is 0 Å². The highest BCUT2D eigenvalue weighted by atomic mass is 32.1. The third-order valence-electron chi connectivity index (χ3n) is 4.31. The minimum absolute atomic E-state index is 0.0220. The highest BCUT2D eigenvalue weighted by Gasteiger charge is 2.29. The summed E-state index contributed by atoms with van der Waals surface area (Å²) < 4.78 is 7.73. The Kier molecular flexibility index (Phi) is 4.63. The van der Waals surface area contributed by atoms with Crippen LogP contribution in [0.15, 0.2) is 54.0 Å². The van der Waals surface area contributed by atoms with Gasteiger partial charge in [-0.25, -0.2) is 4.68 Å². The monoisotopic (exact) mass is 353 g/mol. The van der Waals surface area contributed by atoms with E-state index in [0.29, 0.717) is 26.2 Å². The number of amides is 1. The SMILES string of the molecule is O=C1C[C@@H](COCc2ccccc2)c2cnn(Cc3cccs3)c2N1. The molecular weight excluding hydrogens is 334 g/mol. The first kappa shape index (κ1) is 16.1. The van der Waals surface area contributed by atoms with Gasteiger partial charge in [0.1, 0.15) is 5.82 Å². The number of nitrogens with zero attached hydrogens (tertiary/aromatic N) is 2. The van der Waals surface area contributed by atoms with Gasteiger partial charge in [-0.3, -0.25) is 4.79 Å². The molecular formula is C19H19N3O2S. The maximum Gasteiger partial charge on any atom is 0.226 e. The Labute approximate surface area is 150 Å². The Balaban J connectivity index is 1.46. The number of thiophene rings is 1. The molecule has 1 aliphatic rings. The van der Waals surface area contributed by atoms with Gasteiger partial charge >= 0.3 is 0 Å². The molecule has 1 aromatic carbocycles. The molecule has 0 saturated heterocycles.